The summed E-state index contributed by atoms with van der Waals surface area (Å²) in [6, 6.07) is 0. The number of carbonyl (C=O) groups is 1. The second kappa shape index (κ2) is 6.04. The lowest BCUT2D eigenvalue weighted by Gasteiger charge is -2.51. The van der Waals surface area contributed by atoms with Crippen LogP contribution < -0.4 is 0 Å². The molecule has 0 bridgehead atoms. The van der Waals surface area contributed by atoms with Crippen LogP contribution in [0.1, 0.15) is 80.1 Å². The van der Waals surface area contributed by atoms with Gasteiger partial charge in [0.1, 0.15) is 6.10 Å². The molecule has 0 aromatic rings. The summed E-state index contributed by atoms with van der Waals surface area (Å²) < 4.78 is 5.96. The molecular weight excluding hydrogens is 296 g/mol. The van der Waals surface area contributed by atoms with Crippen LogP contribution in [0.2, 0.25) is 0 Å². The number of allylic oxidation sites excluding steroid dienone is 3. The third-order valence-electron chi connectivity index (χ3n) is 7.39. The van der Waals surface area contributed by atoms with E-state index in [1.165, 1.54) is 18.4 Å². The Labute approximate surface area is 147 Å². The van der Waals surface area contributed by atoms with Gasteiger partial charge in [-0.2, -0.15) is 0 Å². The van der Waals surface area contributed by atoms with Gasteiger partial charge in [-0.1, -0.05) is 50.5 Å². The zero-order valence-electron chi connectivity index (χ0n) is 16.4. The van der Waals surface area contributed by atoms with Crippen LogP contribution in [0.3, 0.4) is 0 Å². The molecule has 1 fully saturated rings. The Hall–Kier alpha value is -1.05. The molecule has 0 amide bonds. The first-order chi connectivity index (χ1) is 11.2. The van der Waals surface area contributed by atoms with E-state index in [1.54, 1.807) is 18.1 Å². The standard InChI is InChI=1S/C22H34O2/c1-14(2)17-9-10-19-18-8-7-15(3)11-12-21(18,5)20(24-16(4)23)13-22(17,19)6/h7,14,17,20H,8-13H2,1-6H3/t17-,20+,21+,22-/m1/s1. The lowest BCUT2D eigenvalue weighted by atomic mass is 9.56. The molecule has 0 spiro atoms. The molecule has 0 heterocycles. The van der Waals surface area contributed by atoms with Crippen molar-refractivity contribution in [3.8, 4) is 0 Å². The molecule has 134 valence electrons. The van der Waals surface area contributed by atoms with E-state index in [0.29, 0.717) is 11.8 Å². The monoisotopic (exact) mass is 330 g/mol. The van der Waals surface area contributed by atoms with Crippen LogP contribution in [0.5, 0.6) is 0 Å². The minimum absolute atomic E-state index is 0.0145. The van der Waals surface area contributed by atoms with E-state index in [1.807, 2.05) is 0 Å². The van der Waals surface area contributed by atoms with Crippen molar-refractivity contribution in [3.05, 3.63) is 22.8 Å². The minimum atomic E-state index is -0.124. The Morgan fingerprint density at radius 1 is 1.21 bits per heavy atom. The Bertz CT molecular complexity index is 597. The summed E-state index contributed by atoms with van der Waals surface area (Å²) in [5.74, 6) is 1.26. The fraction of sp³-hybridized carbons (Fsp3) is 0.773. The van der Waals surface area contributed by atoms with Crippen molar-refractivity contribution in [2.75, 3.05) is 0 Å². The van der Waals surface area contributed by atoms with Gasteiger partial charge >= 0.3 is 5.97 Å². The van der Waals surface area contributed by atoms with Gasteiger partial charge in [0, 0.05) is 12.3 Å². The number of hydrogen-bond acceptors (Lipinski definition) is 2. The third kappa shape index (κ3) is 2.66. The largest absolute Gasteiger partial charge is 0.462 e. The summed E-state index contributed by atoms with van der Waals surface area (Å²) in [4.78, 5) is 11.8. The molecule has 0 N–H and O–H groups in total. The van der Waals surface area contributed by atoms with Crippen LogP contribution in [0.25, 0.3) is 0 Å². The van der Waals surface area contributed by atoms with Gasteiger partial charge < -0.3 is 4.74 Å². The van der Waals surface area contributed by atoms with E-state index in [9.17, 15) is 4.79 Å². The molecule has 1 saturated carbocycles. The third-order valence-corrected chi connectivity index (χ3v) is 7.39. The van der Waals surface area contributed by atoms with E-state index in [2.05, 4.69) is 40.7 Å². The lowest BCUT2D eigenvalue weighted by molar-refractivity contribution is -0.156. The molecule has 3 aliphatic rings. The van der Waals surface area contributed by atoms with Crippen molar-refractivity contribution in [1.82, 2.24) is 0 Å². The van der Waals surface area contributed by atoms with Crippen LogP contribution in [-0.4, -0.2) is 12.1 Å². The highest BCUT2D eigenvalue weighted by atomic mass is 16.5. The molecule has 2 heteroatoms. The Morgan fingerprint density at radius 2 is 1.92 bits per heavy atom. The van der Waals surface area contributed by atoms with Gasteiger partial charge in [-0.05, 0) is 62.7 Å². The molecule has 2 nitrogen and oxygen atoms in total. The predicted octanol–water partition coefficient (Wildman–Crippen LogP) is 5.83. The number of rotatable bonds is 2. The van der Waals surface area contributed by atoms with Crippen LogP contribution in [0, 0.1) is 22.7 Å². The summed E-state index contributed by atoms with van der Waals surface area (Å²) in [5.41, 5.74) is 5.01. The van der Waals surface area contributed by atoms with Crippen molar-refractivity contribution in [2.45, 2.75) is 86.2 Å². The second-order valence-electron chi connectivity index (χ2n) is 9.24. The fourth-order valence-corrected chi connectivity index (χ4v) is 5.99. The first-order valence-corrected chi connectivity index (χ1v) is 9.74. The van der Waals surface area contributed by atoms with Crippen molar-refractivity contribution in [3.63, 3.8) is 0 Å². The highest BCUT2D eigenvalue weighted by molar-refractivity contribution is 5.66. The fourth-order valence-electron chi connectivity index (χ4n) is 5.99. The van der Waals surface area contributed by atoms with Crippen LogP contribution >= 0.6 is 0 Å². The normalized spacial score (nSPS) is 39.2. The van der Waals surface area contributed by atoms with Crippen LogP contribution in [0.15, 0.2) is 22.8 Å². The molecule has 24 heavy (non-hydrogen) atoms. The van der Waals surface area contributed by atoms with E-state index in [-0.39, 0.29) is 22.9 Å². The number of ether oxygens (including phenoxy) is 1. The highest BCUT2D eigenvalue weighted by Gasteiger charge is 2.56. The molecule has 0 radical (unpaired) electrons. The molecule has 0 aromatic heterocycles. The number of fused-ring (bicyclic) bond motifs is 2. The van der Waals surface area contributed by atoms with E-state index < -0.39 is 0 Å². The topological polar surface area (TPSA) is 26.3 Å². The summed E-state index contributed by atoms with van der Waals surface area (Å²) >= 11 is 0. The van der Waals surface area contributed by atoms with Crippen molar-refractivity contribution < 1.29 is 9.53 Å². The predicted molar refractivity (Wildman–Crippen MR) is 98.6 cm³/mol. The second-order valence-corrected chi connectivity index (χ2v) is 9.24. The van der Waals surface area contributed by atoms with Crippen molar-refractivity contribution >= 4 is 5.97 Å². The van der Waals surface area contributed by atoms with Gasteiger partial charge in [0.2, 0.25) is 0 Å². The van der Waals surface area contributed by atoms with Crippen molar-refractivity contribution in [2.24, 2.45) is 22.7 Å². The average Bonchev–Trinajstić information content (AvgIpc) is 2.73. The van der Waals surface area contributed by atoms with Gasteiger partial charge in [-0.25, -0.2) is 0 Å². The smallest absolute Gasteiger partial charge is 0.302 e. The maximum Gasteiger partial charge on any atom is 0.302 e. The van der Waals surface area contributed by atoms with Gasteiger partial charge in [0.15, 0.2) is 0 Å². The SMILES string of the molecule is CC(=O)O[C@H]1C[C@@]2(C)C(=C3CC=C(C)CC[C@@]31C)CC[C@@H]2C(C)C. The zero-order chi connectivity index (χ0) is 17.7. The number of hydrogen-bond donors (Lipinski definition) is 0. The first kappa shape index (κ1) is 17.8. The molecule has 4 atom stereocenters. The summed E-state index contributed by atoms with van der Waals surface area (Å²) in [5, 5.41) is 0. The zero-order valence-corrected chi connectivity index (χ0v) is 16.4. The van der Waals surface area contributed by atoms with E-state index >= 15 is 0 Å². The Balaban J connectivity index is 2.12. The van der Waals surface area contributed by atoms with Gasteiger partial charge in [-0.3, -0.25) is 4.79 Å². The summed E-state index contributed by atoms with van der Waals surface area (Å²) in [7, 11) is 0. The Kier molecular flexibility index (Phi) is 4.47. The number of carbonyl (C=O) groups excluding carboxylic acids is 1. The minimum Gasteiger partial charge on any atom is -0.462 e. The summed E-state index contributed by atoms with van der Waals surface area (Å²) in [6.07, 6.45) is 9.26. The molecule has 0 aromatic carbocycles. The van der Waals surface area contributed by atoms with Gasteiger partial charge in [0.05, 0.1) is 0 Å². The van der Waals surface area contributed by atoms with Gasteiger partial charge in [0.25, 0.3) is 0 Å². The maximum atomic E-state index is 11.8. The Morgan fingerprint density at radius 3 is 2.54 bits per heavy atom. The molecule has 3 rings (SSSR count). The summed E-state index contributed by atoms with van der Waals surface area (Å²) in [6.45, 7) is 13.3. The molecule has 3 aliphatic carbocycles. The lowest BCUT2D eigenvalue weighted by Crippen LogP contribution is -2.47. The molecule has 0 saturated heterocycles. The number of esters is 1. The van der Waals surface area contributed by atoms with E-state index in [4.69, 9.17) is 4.74 Å². The molecular formula is C22H34O2. The van der Waals surface area contributed by atoms with Crippen LogP contribution in [-0.2, 0) is 9.53 Å². The maximum absolute atomic E-state index is 11.8. The van der Waals surface area contributed by atoms with Crippen LogP contribution in [0.4, 0.5) is 0 Å². The highest BCUT2D eigenvalue weighted by Crippen LogP contribution is 2.63. The average molecular weight is 331 g/mol. The first-order valence-electron chi connectivity index (χ1n) is 9.74. The van der Waals surface area contributed by atoms with Gasteiger partial charge in [-0.15, -0.1) is 0 Å². The molecule has 0 aliphatic heterocycles. The van der Waals surface area contributed by atoms with Crippen molar-refractivity contribution in [1.29, 1.82) is 0 Å². The molecule has 0 unspecified atom stereocenters. The quantitative estimate of drug-likeness (QED) is 0.470. The van der Waals surface area contributed by atoms with E-state index in [0.717, 1.165) is 25.7 Å².